The van der Waals surface area contributed by atoms with Crippen LogP contribution in [0.25, 0.3) is 0 Å². The second-order valence-corrected chi connectivity index (χ2v) is 8.40. The molecule has 136 valence electrons. The number of hydrogen-bond donors (Lipinski definition) is 0. The highest BCUT2D eigenvalue weighted by atomic mass is 35.5. The van der Waals surface area contributed by atoms with Gasteiger partial charge in [-0.05, 0) is 48.3 Å². The van der Waals surface area contributed by atoms with Crippen LogP contribution in [0, 0.1) is 11.8 Å². The van der Waals surface area contributed by atoms with Crippen LogP contribution < -0.4 is 4.90 Å². The number of carbonyl (C=O) groups excluding carboxylic acids is 1. The fourth-order valence-electron chi connectivity index (χ4n) is 4.41. The zero-order valence-corrected chi connectivity index (χ0v) is 16.0. The van der Waals surface area contributed by atoms with Gasteiger partial charge in [-0.3, -0.25) is 4.79 Å². The molecule has 1 saturated heterocycles. The van der Waals surface area contributed by atoms with Gasteiger partial charge in [0.1, 0.15) is 0 Å². The largest absolute Gasteiger partial charge is 0.340 e. The molecule has 0 radical (unpaired) electrons. The molecule has 0 saturated carbocycles. The van der Waals surface area contributed by atoms with Gasteiger partial charge in [-0.2, -0.15) is 0 Å². The number of hydrogen-bond acceptors (Lipinski definition) is 4. The maximum atomic E-state index is 12.6. The van der Waals surface area contributed by atoms with Crippen LogP contribution in [0.15, 0.2) is 30.5 Å². The van der Waals surface area contributed by atoms with Crippen molar-refractivity contribution in [2.24, 2.45) is 11.8 Å². The van der Waals surface area contributed by atoms with Gasteiger partial charge < -0.3 is 4.90 Å². The van der Waals surface area contributed by atoms with E-state index in [1.54, 1.807) is 6.20 Å². The highest BCUT2D eigenvalue weighted by molar-refractivity contribution is 6.30. The first-order chi connectivity index (χ1) is 12.5. The molecular weight excluding hydrogens is 346 g/mol. The molecule has 1 aliphatic carbocycles. The highest BCUT2D eigenvalue weighted by Crippen LogP contribution is 2.34. The number of Topliss-reactive ketones (excluding diaryl/α,β-unsaturated/α-hetero) is 1. The fraction of sp³-hybridized carbons (Fsp3) is 0.476. The van der Waals surface area contributed by atoms with Gasteiger partial charge >= 0.3 is 0 Å². The van der Waals surface area contributed by atoms with Gasteiger partial charge in [-0.1, -0.05) is 37.6 Å². The van der Waals surface area contributed by atoms with E-state index in [0.717, 1.165) is 36.7 Å². The van der Waals surface area contributed by atoms with Crippen LogP contribution in [0.1, 0.15) is 54.2 Å². The van der Waals surface area contributed by atoms with E-state index in [1.165, 1.54) is 6.42 Å². The molecule has 0 unspecified atom stereocenters. The number of rotatable bonds is 2. The number of benzene rings is 1. The number of anilines is 1. The SMILES string of the molecule is C[C@@H]1C[C@@H](C)CN(c2ncc3c(n2)C[C@H](c2cccc(Cl)c2)CC3=O)C1. The zero-order chi connectivity index (χ0) is 18.3. The van der Waals surface area contributed by atoms with Crippen molar-refractivity contribution in [3.63, 3.8) is 0 Å². The number of piperidine rings is 1. The van der Waals surface area contributed by atoms with Gasteiger partial charge in [-0.25, -0.2) is 9.97 Å². The van der Waals surface area contributed by atoms with E-state index >= 15 is 0 Å². The van der Waals surface area contributed by atoms with Crippen LogP contribution in [-0.2, 0) is 6.42 Å². The summed E-state index contributed by atoms with van der Waals surface area (Å²) in [5.74, 6) is 2.30. The van der Waals surface area contributed by atoms with Crippen molar-refractivity contribution in [3.05, 3.63) is 52.3 Å². The minimum Gasteiger partial charge on any atom is -0.340 e. The molecule has 2 aliphatic rings. The van der Waals surface area contributed by atoms with Crippen LogP contribution in [0.2, 0.25) is 5.02 Å². The van der Waals surface area contributed by atoms with Crippen LogP contribution in [0.5, 0.6) is 0 Å². The second kappa shape index (κ2) is 6.99. The normalized spacial score (nSPS) is 25.9. The van der Waals surface area contributed by atoms with E-state index in [4.69, 9.17) is 16.6 Å². The Morgan fingerprint density at radius 3 is 2.65 bits per heavy atom. The maximum absolute atomic E-state index is 12.6. The van der Waals surface area contributed by atoms with Crippen LogP contribution >= 0.6 is 11.6 Å². The minimum absolute atomic E-state index is 0.128. The van der Waals surface area contributed by atoms with Crippen molar-refractivity contribution in [2.45, 2.75) is 39.0 Å². The number of halogens is 1. The summed E-state index contributed by atoms with van der Waals surface area (Å²) in [4.78, 5) is 24.2. The minimum atomic E-state index is 0.128. The Morgan fingerprint density at radius 1 is 1.15 bits per heavy atom. The molecule has 0 N–H and O–H groups in total. The van der Waals surface area contributed by atoms with E-state index < -0.39 is 0 Å². The second-order valence-electron chi connectivity index (χ2n) is 7.96. The molecule has 4 nitrogen and oxygen atoms in total. The lowest BCUT2D eigenvalue weighted by atomic mass is 9.82. The lowest BCUT2D eigenvalue weighted by Gasteiger charge is -2.35. The lowest BCUT2D eigenvalue weighted by Crippen LogP contribution is -2.40. The molecule has 4 rings (SSSR count). The van der Waals surface area contributed by atoms with E-state index in [-0.39, 0.29) is 11.7 Å². The summed E-state index contributed by atoms with van der Waals surface area (Å²) in [5, 5.41) is 0.709. The van der Waals surface area contributed by atoms with Gasteiger partial charge in [0.15, 0.2) is 5.78 Å². The lowest BCUT2D eigenvalue weighted by molar-refractivity contribution is 0.0962. The van der Waals surface area contributed by atoms with E-state index in [1.807, 2.05) is 24.3 Å². The Balaban J connectivity index is 1.63. The summed E-state index contributed by atoms with van der Waals surface area (Å²) in [6.07, 6.45) is 4.23. The van der Waals surface area contributed by atoms with E-state index in [0.29, 0.717) is 28.8 Å². The monoisotopic (exact) mass is 369 g/mol. The van der Waals surface area contributed by atoms with Crippen LogP contribution in [0.3, 0.4) is 0 Å². The van der Waals surface area contributed by atoms with E-state index in [9.17, 15) is 4.79 Å². The van der Waals surface area contributed by atoms with Crippen molar-refractivity contribution in [3.8, 4) is 0 Å². The molecular formula is C21H24ClN3O. The van der Waals surface area contributed by atoms with Gasteiger partial charge in [0.05, 0.1) is 11.3 Å². The number of carbonyl (C=O) groups is 1. The third-order valence-electron chi connectivity index (χ3n) is 5.50. The summed E-state index contributed by atoms with van der Waals surface area (Å²) >= 11 is 6.14. The molecule has 1 aromatic carbocycles. The predicted molar refractivity (Wildman–Crippen MR) is 104 cm³/mol. The molecule has 0 amide bonds. The van der Waals surface area contributed by atoms with Gasteiger partial charge in [0, 0.05) is 30.7 Å². The van der Waals surface area contributed by atoms with Gasteiger partial charge in [0.25, 0.3) is 0 Å². The molecule has 3 atom stereocenters. The molecule has 2 aromatic rings. The summed E-state index contributed by atoms with van der Waals surface area (Å²) in [7, 11) is 0. The third kappa shape index (κ3) is 3.48. The number of ketones is 1. The van der Waals surface area contributed by atoms with Crippen LogP contribution in [-0.4, -0.2) is 28.8 Å². The van der Waals surface area contributed by atoms with Gasteiger partial charge in [0.2, 0.25) is 5.95 Å². The molecule has 2 heterocycles. The Bertz CT molecular complexity index is 828. The summed E-state index contributed by atoms with van der Waals surface area (Å²) in [6, 6.07) is 7.81. The summed E-state index contributed by atoms with van der Waals surface area (Å²) in [5.41, 5.74) is 2.67. The molecule has 26 heavy (non-hydrogen) atoms. The predicted octanol–water partition coefficient (Wildman–Crippen LogP) is 4.53. The summed E-state index contributed by atoms with van der Waals surface area (Å²) < 4.78 is 0. The van der Waals surface area contributed by atoms with Crippen molar-refractivity contribution < 1.29 is 4.79 Å². The van der Waals surface area contributed by atoms with Gasteiger partial charge in [-0.15, -0.1) is 0 Å². The summed E-state index contributed by atoms with van der Waals surface area (Å²) in [6.45, 7) is 6.52. The smallest absolute Gasteiger partial charge is 0.225 e. The molecule has 1 aromatic heterocycles. The molecule has 1 fully saturated rings. The first kappa shape index (κ1) is 17.5. The molecule has 5 heteroatoms. The molecule has 0 spiro atoms. The number of nitrogens with zero attached hydrogens (tertiary/aromatic N) is 3. The van der Waals surface area contributed by atoms with Crippen molar-refractivity contribution >= 4 is 23.3 Å². The highest BCUT2D eigenvalue weighted by Gasteiger charge is 2.30. The maximum Gasteiger partial charge on any atom is 0.225 e. The van der Waals surface area contributed by atoms with E-state index in [2.05, 4.69) is 23.7 Å². The quantitative estimate of drug-likeness (QED) is 0.780. The molecule has 0 bridgehead atoms. The fourth-order valence-corrected chi connectivity index (χ4v) is 4.61. The first-order valence-electron chi connectivity index (χ1n) is 9.39. The zero-order valence-electron chi connectivity index (χ0n) is 15.3. The average Bonchev–Trinajstić information content (AvgIpc) is 2.60. The third-order valence-corrected chi connectivity index (χ3v) is 5.73. The Kier molecular flexibility index (Phi) is 4.70. The van der Waals surface area contributed by atoms with Crippen molar-refractivity contribution in [1.82, 2.24) is 9.97 Å². The van der Waals surface area contributed by atoms with Crippen molar-refractivity contribution in [2.75, 3.05) is 18.0 Å². The van der Waals surface area contributed by atoms with Crippen molar-refractivity contribution in [1.29, 1.82) is 0 Å². The first-order valence-corrected chi connectivity index (χ1v) is 9.77. The average molecular weight is 370 g/mol. The Labute approximate surface area is 159 Å². The standard InChI is InChI=1S/C21H24ClN3O/c1-13-6-14(2)12-25(11-13)21-23-10-18-19(24-21)8-16(9-20(18)26)15-4-3-5-17(22)7-15/h3-5,7,10,13-14,16H,6,8-9,11-12H2,1-2H3/t13-,14-,16+/m1/s1. The number of aromatic nitrogens is 2. The molecule has 1 aliphatic heterocycles. The van der Waals surface area contributed by atoms with Crippen LogP contribution in [0.4, 0.5) is 5.95 Å². The Hall–Kier alpha value is -1.94. The topological polar surface area (TPSA) is 46.1 Å². The Morgan fingerprint density at radius 2 is 1.92 bits per heavy atom. The number of fused-ring (bicyclic) bond motifs is 1.